The van der Waals surface area contributed by atoms with Gasteiger partial charge in [-0.2, -0.15) is 0 Å². The number of rotatable bonds is 6. The van der Waals surface area contributed by atoms with E-state index in [0.717, 1.165) is 18.0 Å². The normalized spacial score (nSPS) is 27.2. The lowest BCUT2D eigenvalue weighted by molar-refractivity contribution is 0.268. The molecule has 0 bridgehead atoms. The van der Waals surface area contributed by atoms with Gasteiger partial charge in [0.05, 0.1) is 0 Å². The molecule has 1 nitrogen and oxygen atoms in total. The highest BCUT2D eigenvalue weighted by atomic mass is 14.9. The van der Waals surface area contributed by atoms with E-state index in [2.05, 4.69) is 26.1 Å². The molecule has 1 fully saturated rings. The first-order valence-corrected chi connectivity index (χ1v) is 7.02. The van der Waals surface area contributed by atoms with Crippen LogP contribution in [0.25, 0.3) is 0 Å². The lowest BCUT2D eigenvalue weighted by atomic mass is 9.86. The van der Waals surface area contributed by atoms with Gasteiger partial charge in [0.25, 0.3) is 0 Å². The fourth-order valence-corrected chi connectivity index (χ4v) is 2.93. The predicted octanol–water partition coefficient (Wildman–Crippen LogP) is 4.12. The van der Waals surface area contributed by atoms with Gasteiger partial charge in [0.15, 0.2) is 0 Å². The van der Waals surface area contributed by atoms with Crippen molar-refractivity contribution in [3.63, 3.8) is 0 Å². The lowest BCUT2D eigenvalue weighted by Crippen LogP contribution is -2.40. The Kier molecular flexibility index (Phi) is 6.31. The first-order chi connectivity index (χ1) is 7.26. The Morgan fingerprint density at radius 1 is 1.13 bits per heavy atom. The summed E-state index contributed by atoms with van der Waals surface area (Å²) < 4.78 is 0. The second-order valence-corrected chi connectivity index (χ2v) is 5.41. The number of nitrogens with one attached hydrogen (secondary N) is 1. The molecule has 1 aliphatic carbocycles. The maximum atomic E-state index is 3.89. The summed E-state index contributed by atoms with van der Waals surface area (Å²) in [5.74, 6) is 0.945. The Labute approximate surface area is 96.0 Å². The predicted molar refractivity (Wildman–Crippen MR) is 68.2 cm³/mol. The summed E-state index contributed by atoms with van der Waals surface area (Å²) in [7, 11) is 0. The van der Waals surface area contributed by atoms with E-state index in [4.69, 9.17) is 0 Å². The summed E-state index contributed by atoms with van der Waals surface area (Å²) in [5, 5.41) is 3.89. The van der Waals surface area contributed by atoms with Crippen LogP contribution in [0.5, 0.6) is 0 Å². The molecule has 0 radical (unpaired) electrons. The Hall–Kier alpha value is -0.0400. The van der Waals surface area contributed by atoms with Crippen molar-refractivity contribution in [3.8, 4) is 0 Å². The quantitative estimate of drug-likeness (QED) is 0.697. The molecule has 0 aromatic rings. The third-order valence-corrected chi connectivity index (χ3v) is 3.68. The van der Waals surface area contributed by atoms with Gasteiger partial charge in [-0.25, -0.2) is 0 Å². The molecule has 0 aliphatic heterocycles. The van der Waals surface area contributed by atoms with E-state index in [1.165, 1.54) is 51.4 Å². The van der Waals surface area contributed by atoms with Gasteiger partial charge in [0.2, 0.25) is 0 Å². The molecule has 0 spiro atoms. The molecule has 1 heteroatoms. The van der Waals surface area contributed by atoms with Gasteiger partial charge in [-0.05, 0) is 31.6 Å². The first kappa shape index (κ1) is 13.0. The molecule has 1 saturated carbocycles. The van der Waals surface area contributed by atoms with Crippen molar-refractivity contribution in [2.45, 2.75) is 84.2 Å². The molecule has 1 N–H and O–H groups in total. The van der Waals surface area contributed by atoms with Crippen molar-refractivity contribution in [1.82, 2.24) is 5.32 Å². The highest BCUT2D eigenvalue weighted by Gasteiger charge is 2.20. The van der Waals surface area contributed by atoms with Crippen molar-refractivity contribution >= 4 is 0 Å². The van der Waals surface area contributed by atoms with Crippen molar-refractivity contribution in [3.05, 3.63) is 0 Å². The van der Waals surface area contributed by atoms with Gasteiger partial charge in [-0.15, -0.1) is 0 Å². The average molecular weight is 211 g/mol. The van der Waals surface area contributed by atoms with Crippen LogP contribution in [-0.2, 0) is 0 Å². The third-order valence-electron chi connectivity index (χ3n) is 3.68. The SMILES string of the molecule is CCCC(CCC)NC1CCCC(C)C1. The zero-order valence-corrected chi connectivity index (χ0v) is 10.9. The first-order valence-electron chi connectivity index (χ1n) is 7.02. The number of hydrogen-bond donors (Lipinski definition) is 1. The van der Waals surface area contributed by atoms with Crippen molar-refractivity contribution in [2.75, 3.05) is 0 Å². The molecule has 1 rings (SSSR count). The highest BCUT2D eigenvalue weighted by molar-refractivity contribution is 4.79. The van der Waals surface area contributed by atoms with Crippen LogP contribution in [0.3, 0.4) is 0 Å². The maximum absolute atomic E-state index is 3.89. The molecule has 2 unspecified atom stereocenters. The summed E-state index contributed by atoms with van der Waals surface area (Å²) in [6.45, 7) is 7.00. The fourth-order valence-electron chi connectivity index (χ4n) is 2.93. The van der Waals surface area contributed by atoms with Crippen molar-refractivity contribution in [2.24, 2.45) is 5.92 Å². The summed E-state index contributed by atoms with van der Waals surface area (Å²) in [6, 6.07) is 1.60. The number of hydrogen-bond acceptors (Lipinski definition) is 1. The van der Waals surface area contributed by atoms with Gasteiger partial charge in [-0.1, -0.05) is 46.5 Å². The van der Waals surface area contributed by atoms with E-state index in [0.29, 0.717) is 0 Å². The molecule has 0 aromatic carbocycles. The minimum atomic E-state index is 0.787. The smallest absolute Gasteiger partial charge is 0.00721 e. The lowest BCUT2D eigenvalue weighted by Gasteiger charge is -2.31. The van der Waals surface area contributed by atoms with Crippen molar-refractivity contribution < 1.29 is 0 Å². The van der Waals surface area contributed by atoms with Crippen LogP contribution in [0.2, 0.25) is 0 Å². The topological polar surface area (TPSA) is 12.0 Å². The largest absolute Gasteiger partial charge is 0.311 e. The third kappa shape index (κ3) is 5.01. The van der Waals surface area contributed by atoms with E-state index < -0.39 is 0 Å². The van der Waals surface area contributed by atoms with Crippen LogP contribution in [0.1, 0.15) is 72.1 Å². The Morgan fingerprint density at radius 3 is 2.33 bits per heavy atom. The fraction of sp³-hybridized carbons (Fsp3) is 1.00. The highest BCUT2D eigenvalue weighted by Crippen LogP contribution is 2.24. The second kappa shape index (κ2) is 7.27. The molecule has 1 aliphatic rings. The molecule has 15 heavy (non-hydrogen) atoms. The molecule has 2 atom stereocenters. The molecule has 0 saturated heterocycles. The van der Waals surface area contributed by atoms with E-state index >= 15 is 0 Å². The van der Waals surface area contributed by atoms with Gasteiger partial charge < -0.3 is 5.32 Å². The molecule has 0 amide bonds. The monoisotopic (exact) mass is 211 g/mol. The molecule has 0 aromatic heterocycles. The molecule has 90 valence electrons. The summed E-state index contributed by atoms with van der Waals surface area (Å²) in [4.78, 5) is 0. The summed E-state index contributed by atoms with van der Waals surface area (Å²) in [6.07, 6.45) is 11.1. The average Bonchev–Trinajstić information content (AvgIpc) is 2.18. The standard InChI is InChI=1S/C14H29N/c1-4-7-13(8-5-2)15-14-10-6-9-12(3)11-14/h12-15H,4-11H2,1-3H3. The molecular weight excluding hydrogens is 182 g/mol. The van der Waals surface area contributed by atoms with Gasteiger partial charge in [0.1, 0.15) is 0 Å². The summed E-state index contributed by atoms with van der Waals surface area (Å²) >= 11 is 0. The Balaban J connectivity index is 2.28. The minimum absolute atomic E-state index is 0.787. The van der Waals surface area contributed by atoms with Crippen LogP contribution in [0.15, 0.2) is 0 Å². The summed E-state index contributed by atoms with van der Waals surface area (Å²) in [5.41, 5.74) is 0. The second-order valence-electron chi connectivity index (χ2n) is 5.41. The van der Waals surface area contributed by atoms with Crippen LogP contribution in [0.4, 0.5) is 0 Å². The Bertz CT molecular complexity index is 147. The van der Waals surface area contributed by atoms with Gasteiger partial charge in [-0.3, -0.25) is 0 Å². The van der Waals surface area contributed by atoms with Crippen LogP contribution < -0.4 is 5.32 Å². The van der Waals surface area contributed by atoms with Gasteiger partial charge >= 0.3 is 0 Å². The molecular formula is C14H29N. The van der Waals surface area contributed by atoms with E-state index in [9.17, 15) is 0 Å². The Morgan fingerprint density at radius 2 is 1.80 bits per heavy atom. The van der Waals surface area contributed by atoms with E-state index in [1.54, 1.807) is 0 Å². The van der Waals surface area contributed by atoms with Crippen LogP contribution >= 0.6 is 0 Å². The minimum Gasteiger partial charge on any atom is -0.311 e. The van der Waals surface area contributed by atoms with Crippen LogP contribution in [-0.4, -0.2) is 12.1 Å². The zero-order valence-electron chi connectivity index (χ0n) is 10.9. The van der Waals surface area contributed by atoms with Crippen LogP contribution in [0, 0.1) is 5.92 Å². The zero-order chi connectivity index (χ0) is 11.1. The molecule has 0 heterocycles. The van der Waals surface area contributed by atoms with Crippen molar-refractivity contribution in [1.29, 1.82) is 0 Å². The van der Waals surface area contributed by atoms with E-state index in [-0.39, 0.29) is 0 Å². The van der Waals surface area contributed by atoms with E-state index in [1.807, 2.05) is 0 Å². The maximum Gasteiger partial charge on any atom is 0.00721 e. The van der Waals surface area contributed by atoms with Gasteiger partial charge in [0, 0.05) is 12.1 Å².